The molecule has 2 N–H and O–H groups in total. The smallest absolute Gasteiger partial charge is 0.273 e. The highest BCUT2D eigenvalue weighted by molar-refractivity contribution is 7.89. The molecular weight excluding hydrogens is 288 g/mol. The number of methoxy groups -OCH3 is 1. The van der Waals surface area contributed by atoms with Gasteiger partial charge < -0.3 is 9.47 Å². The number of benzene rings is 1. The Morgan fingerprint density at radius 3 is 2.55 bits per heavy atom. The summed E-state index contributed by atoms with van der Waals surface area (Å²) in [6, 6.07) is 4.01. The Hall–Kier alpha value is -1.87. The highest BCUT2D eigenvalue weighted by atomic mass is 32.2. The average molecular weight is 304 g/mol. The molecule has 0 heterocycles. The van der Waals surface area contributed by atoms with Gasteiger partial charge in [-0.1, -0.05) is 0 Å². The number of hydrogen-bond acceptors (Lipinski definition) is 6. The van der Waals surface area contributed by atoms with Gasteiger partial charge in [0.25, 0.3) is 5.69 Å². The van der Waals surface area contributed by atoms with Gasteiger partial charge in [0.05, 0.1) is 30.5 Å². The second-order valence-electron chi connectivity index (χ2n) is 4.01. The summed E-state index contributed by atoms with van der Waals surface area (Å²) in [5.74, 6) is 0.521. The highest BCUT2D eigenvalue weighted by Gasteiger charge is 2.12. The first kappa shape index (κ1) is 16.2. The minimum atomic E-state index is -3.45. The summed E-state index contributed by atoms with van der Waals surface area (Å²) < 4.78 is 31.8. The van der Waals surface area contributed by atoms with Gasteiger partial charge in [0.2, 0.25) is 10.0 Å². The molecule has 0 spiro atoms. The maximum absolute atomic E-state index is 10.7. The van der Waals surface area contributed by atoms with Crippen LogP contribution in [0, 0.1) is 10.1 Å². The number of nitro benzene ring substituents is 1. The summed E-state index contributed by atoms with van der Waals surface area (Å²) in [4.78, 5) is 10.1. The van der Waals surface area contributed by atoms with E-state index < -0.39 is 14.9 Å². The molecule has 9 heteroatoms. The van der Waals surface area contributed by atoms with Crippen LogP contribution < -0.4 is 14.6 Å². The van der Waals surface area contributed by atoms with Crippen molar-refractivity contribution in [1.29, 1.82) is 0 Å². The van der Waals surface area contributed by atoms with Gasteiger partial charge in [-0.3, -0.25) is 10.1 Å². The minimum absolute atomic E-state index is 0.0941. The zero-order valence-electron chi connectivity index (χ0n) is 10.9. The Bertz CT molecular complexity index is 572. The number of sulfonamides is 1. The normalized spacial score (nSPS) is 11.1. The molecule has 1 aromatic rings. The van der Waals surface area contributed by atoms with Crippen LogP contribution in [0.4, 0.5) is 5.69 Å². The first-order chi connectivity index (χ1) is 9.33. The highest BCUT2D eigenvalue weighted by Crippen LogP contribution is 2.31. The fourth-order valence-electron chi connectivity index (χ4n) is 1.48. The van der Waals surface area contributed by atoms with Crippen LogP contribution in [0.15, 0.2) is 18.2 Å². The molecule has 0 atom stereocenters. The monoisotopic (exact) mass is 304 g/mol. The van der Waals surface area contributed by atoms with Crippen LogP contribution in [-0.4, -0.2) is 32.8 Å². The molecule has 0 saturated heterocycles. The molecule has 0 aromatic heterocycles. The maximum Gasteiger partial charge on any atom is 0.273 e. The molecule has 112 valence electrons. The zero-order valence-corrected chi connectivity index (χ0v) is 11.8. The van der Waals surface area contributed by atoms with Gasteiger partial charge in [0.15, 0.2) is 11.5 Å². The zero-order chi connectivity index (χ0) is 15.2. The molecule has 8 nitrogen and oxygen atoms in total. The second kappa shape index (κ2) is 7.06. The Morgan fingerprint density at radius 1 is 1.30 bits per heavy atom. The lowest BCUT2D eigenvalue weighted by atomic mass is 10.3. The molecule has 0 aliphatic rings. The van der Waals surface area contributed by atoms with E-state index in [1.165, 1.54) is 25.3 Å². The van der Waals surface area contributed by atoms with Crippen molar-refractivity contribution >= 4 is 15.7 Å². The number of ether oxygens (including phenoxy) is 2. The van der Waals surface area contributed by atoms with Crippen molar-refractivity contribution in [2.45, 2.75) is 12.8 Å². The topological polar surface area (TPSA) is 122 Å². The van der Waals surface area contributed by atoms with Crippen LogP contribution in [0.3, 0.4) is 0 Å². The number of rotatable bonds is 8. The number of hydrogen-bond donors (Lipinski definition) is 1. The molecule has 1 rings (SSSR count). The molecule has 1 aromatic carbocycles. The summed E-state index contributed by atoms with van der Waals surface area (Å²) in [5, 5.41) is 15.5. The van der Waals surface area contributed by atoms with Gasteiger partial charge in [-0.25, -0.2) is 13.6 Å². The largest absolute Gasteiger partial charge is 0.493 e. The Morgan fingerprint density at radius 2 is 2.00 bits per heavy atom. The van der Waals surface area contributed by atoms with Crippen molar-refractivity contribution in [2.75, 3.05) is 19.5 Å². The van der Waals surface area contributed by atoms with Crippen LogP contribution in [0.1, 0.15) is 12.8 Å². The Balaban J connectivity index is 2.53. The molecule has 0 fully saturated rings. The van der Waals surface area contributed by atoms with Gasteiger partial charge in [-0.2, -0.15) is 0 Å². The molecule has 0 radical (unpaired) electrons. The molecule has 0 aliphatic heterocycles. The lowest BCUT2D eigenvalue weighted by Crippen LogP contribution is -2.16. The average Bonchev–Trinajstić information content (AvgIpc) is 2.36. The lowest BCUT2D eigenvalue weighted by molar-refractivity contribution is -0.385. The third-order valence-corrected chi connectivity index (χ3v) is 3.30. The first-order valence-electron chi connectivity index (χ1n) is 5.79. The third-order valence-electron chi connectivity index (χ3n) is 2.44. The first-order valence-corrected chi connectivity index (χ1v) is 7.51. The minimum Gasteiger partial charge on any atom is -0.493 e. The molecule has 0 saturated carbocycles. The van der Waals surface area contributed by atoms with Crippen LogP contribution in [0.5, 0.6) is 11.5 Å². The maximum atomic E-state index is 10.7. The fourth-order valence-corrected chi connectivity index (χ4v) is 2.08. The summed E-state index contributed by atoms with van der Waals surface area (Å²) in [7, 11) is -2.07. The summed E-state index contributed by atoms with van der Waals surface area (Å²) in [5.41, 5.74) is -0.0941. The van der Waals surface area contributed by atoms with Crippen LogP contribution in [0.25, 0.3) is 0 Å². The number of nitrogens with zero attached hydrogens (tertiary/aromatic N) is 1. The van der Waals surface area contributed by atoms with E-state index in [0.29, 0.717) is 18.6 Å². The quantitative estimate of drug-likeness (QED) is 0.435. The van der Waals surface area contributed by atoms with Gasteiger partial charge in [-0.15, -0.1) is 0 Å². The van der Waals surface area contributed by atoms with Crippen molar-refractivity contribution < 1.29 is 22.8 Å². The third kappa shape index (κ3) is 5.41. The predicted molar refractivity (Wildman–Crippen MR) is 72.4 cm³/mol. The number of non-ortho nitro benzene ring substituents is 1. The van der Waals surface area contributed by atoms with E-state index in [4.69, 9.17) is 14.6 Å². The Labute approximate surface area is 116 Å². The van der Waals surface area contributed by atoms with Crippen molar-refractivity contribution in [3.63, 3.8) is 0 Å². The number of unbranched alkanes of at least 4 members (excludes halogenated alkanes) is 1. The number of nitrogens with two attached hydrogens (primary N) is 1. The van der Waals surface area contributed by atoms with E-state index in [0.717, 1.165) is 0 Å². The van der Waals surface area contributed by atoms with E-state index in [1.807, 2.05) is 0 Å². The molecule has 0 amide bonds. The fraction of sp³-hybridized carbons (Fsp3) is 0.455. The molecule has 20 heavy (non-hydrogen) atoms. The van der Waals surface area contributed by atoms with Crippen LogP contribution in [-0.2, 0) is 10.0 Å². The standard InChI is InChI=1S/C11H16N2O6S/c1-18-11-8-9(13(14)15)4-5-10(11)19-6-2-3-7-20(12,16)17/h4-5,8H,2-3,6-7H2,1H3,(H2,12,16,17). The lowest BCUT2D eigenvalue weighted by Gasteiger charge is -2.10. The van der Waals surface area contributed by atoms with E-state index >= 15 is 0 Å². The summed E-state index contributed by atoms with van der Waals surface area (Å²) in [6.07, 6.45) is 0.880. The van der Waals surface area contributed by atoms with E-state index in [1.54, 1.807) is 0 Å². The summed E-state index contributed by atoms with van der Waals surface area (Å²) in [6.45, 7) is 0.268. The number of nitro groups is 1. The van der Waals surface area contributed by atoms with Crippen molar-refractivity contribution in [2.24, 2.45) is 5.14 Å². The van der Waals surface area contributed by atoms with Gasteiger partial charge >= 0.3 is 0 Å². The van der Waals surface area contributed by atoms with Crippen molar-refractivity contribution in [3.8, 4) is 11.5 Å². The van der Waals surface area contributed by atoms with Gasteiger partial charge in [0, 0.05) is 6.07 Å². The van der Waals surface area contributed by atoms with E-state index in [2.05, 4.69) is 0 Å². The van der Waals surface area contributed by atoms with Crippen molar-refractivity contribution in [3.05, 3.63) is 28.3 Å². The molecule has 0 bridgehead atoms. The van der Waals surface area contributed by atoms with Gasteiger partial charge in [0.1, 0.15) is 0 Å². The SMILES string of the molecule is COc1cc([N+](=O)[O-])ccc1OCCCCS(N)(=O)=O. The molecular formula is C11H16N2O6S. The van der Waals surface area contributed by atoms with Crippen molar-refractivity contribution in [1.82, 2.24) is 0 Å². The van der Waals surface area contributed by atoms with Crippen LogP contribution >= 0.6 is 0 Å². The second-order valence-corrected chi connectivity index (χ2v) is 5.75. The predicted octanol–water partition coefficient (Wildman–Crippen LogP) is 1.05. The molecule has 0 unspecified atom stereocenters. The van der Waals surface area contributed by atoms with E-state index in [9.17, 15) is 18.5 Å². The Kier molecular flexibility index (Phi) is 5.71. The number of primary sulfonamides is 1. The van der Waals surface area contributed by atoms with E-state index in [-0.39, 0.29) is 23.8 Å². The molecule has 0 aliphatic carbocycles. The van der Waals surface area contributed by atoms with Gasteiger partial charge in [-0.05, 0) is 18.9 Å². The summed E-state index contributed by atoms with van der Waals surface area (Å²) >= 11 is 0. The van der Waals surface area contributed by atoms with Crippen LogP contribution in [0.2, 0.25) is 0 Å².